The van der Waals surface area contributed by atoms with Crippen LogP contribution in [-0.4, -0.2) is 41.6 Å². The van der Waals surface area contributed by atoms with Crippen LogP contribution in [-0.2, 0) is 16.1 Å². The Bertz CT molecular complexity index is 692. The zero-order valence-electron chi connectivity index (χ0n) is 14.8. The number of amides is 2. The fourth-order valence-corrected chi connectivity index (χ4v) is 3.43. The van der Waals surface area contributed by atoms with Gasteiger partial charge in [0.1, 0.15) is 5.82 Å². The summed E-state index contributed by atoms with van der Waals surface area (Å²) in [5.74, 6) is -0.253. The first-order valence-electron chi connectivity index (χ1n) is 9.19. The molecule has 0 spiro atoms. The lowest BCUT2D eigenvalue weighted by atomic mass is 10.0. The Morgan fingerprint density at radius 2 is 2.19 bits per heavy atom. The number of piperidine rings is 1. The smallest absolute Gasteiger partial charge is 0.240 e. The highest BCUT2D eigenvalue weighted by molar-refractivity contribution is 5.94. The van der Waals surface area contributed by atoms with Crippen LogP contribution in [0.15, 0.2) is 29.4 Å². The molecule has 2 aliphatic rings. The molecule has 0 bridgehead atoms. The van der Waals surface area contributed by atoms with Crippen LogP contribution in [0.3, 0.4) is 0 Å². The minimum Gasteiger partial charge on any atom is -0.352 e. The third-order valence-electron chi connectivity index (χ3n) is 4.84. The Morgan fingerprint density at radius 3 is 2.96 bits per heavy atom. The third kappa shape index (κ3) is 5.36. The molecule has 0 aromatic heterocycles. The van der Waals surface area contributed by atoms with Crippen LogP contribution >= 0.6 is 0 Å². The zero-order valence-corrected chi connectivity index (χ0v) is 14.8. The van der Waals surface area contributed by atoms with Crippen molar-refractivity contribution in [2.24, 2.45) is 5.10 Å². The average Bonchev–Trinajstić information content (AvgIpc) is 2.63. The van der Waals surface area contributed by atoms with Crippen molar-refractivity contribution < 1.29 is 14.0 Å². The molecule has 6 nitrogen and oxygen atoms in total. The lowest BCUT2D eigenvalue weighted by molar-refractivity contribution is -0.122. The molecule has 140 valence electrons. The number of nitrogens with one attached hydrogen (secondary N) is 2. The van der Waals surface area contributed by atoms with Gasteiger partial charge in [0, 0.05) is 43.2 Å². The second kappa shape index (κ2) is 8.89. The summed E-state index contributed by atoms with van der Waals surface area (Å²) in [6.07, 6.45) is 3.93. The number of nitrogens with zero attached hydrogens (tertiary/aromatic N) is 2. The standard InChI is InChI=1S/C19H25FN4O2/c20-17-6-2-1-4-14(17)12-24-11-3-5-16(13-24)21-18(25)9-7-15-8-10-19(26)23-22-15/h1-2,4,6,16H,3,5,7-13H2,(H,21,25)(H,23,26)/t16-/m0/s1. The van der Waals surface area contributed by atoms with E-state index in [4.69, 9.17) is 0 Å². The zero-order chi connectivity index (χ0) is 18.4. The van der Waals surface area contributed by atoms with Gasteiger partial charge in [0.05, 0.1) is 0 Å². The average molecular weight is 360 g/mol. The predicted octanol–water partition coefficient (Wildman–Crippen LogP) is 1.95. The van der Waals surface area contributed by atoms with E-state index in [0.29, 0.717) is 37.8 Å². The van der Waals surface area contributed by atoms with Gasteiger partial charge >= 0.3 is 0 Å². The van der Waals surface area contributed by atoms with E-state index in [2.05, 4.69) is 20.7 Å². The van der Waals surface area contributed by atoms with E-state index >= 15 is 0 Å². The van der Waals surface area contributed by atoms with E-state index in [9.17, 15) is 14.0 Å². The van der Waals surface area contributed by atoms with Crippen molar-refractivity contribution >= 4 is 17.5 Å². The summed E-state index contributed by atoms with van der Waals surface area (Å²) < 4.78 is 13.8. The molecule has 1 aromatic rings. The van der Waals surface area contributed by atoms with Gasteiger partial charge in [0.15, 0.2) is 0 Å². The number of hydrogen-bond acceptors (Lipinski definition) is 4. The largest absolute Gasteiger partial charge is 0.352 e. The van der Waals surface area contributed by atoms with E-state index in [1.165, 1.54) is 6.07 Å². The Labute approximate surface area is 152 Å². The lowest BCUT2D eigenvalue weighted by Crippen LogP contribution is -2.47. The SMILES string of the molecule is O=C1CCC(CCC(=O)N[C@H]2CCCN(Cc3ccccc3F)C2)=NN1. The number of hydrogen-bond donors (Lipinski definition) is 2. The van der Waals surface area contributed by atoms with Crippen LogP contribution in [0.5, 0.6) is 0 Å². The highest BCUT2D eigenvalue weighted by atomic mass is 19.1. The maximum atomic E-state index is 13.8. The van der Waals surface area contributed by atoms with Crippen LogP contribution in [0.25, 0.3) is 0 Å². The van der Waals surface area contributed by atoms with Gasteiger partial charge in [-0.1, -0.05) is 18.2 Å². The Kier molecular flexibility index (Phi) is 6.33. The maximum Gasteiger partial charge on any atom is 0.240 e. The van der Waals surface area contributed by atoms with E-state index in [-0.39, 0.29) is 23.7 Å². The molecule has 2 aliphatic heterocycles. The molecule has 1 atom stereocenters. The van der Waals surface area contributed by atoms with Crippen molar-refractivity contribution in [3.05, 3.63) is 35.6 Å². The van der Waals surface area contributed by atoms with Crippen molar-refractivity contribution in [2.75, 3.05) is 13.1 Å². The van der Waals surface area contributed by atoms with Gasteiger partial charge < -0.3 is 5.32 Å². The van der Waals surface area contributed by atoms with Crippen LogP contribution in [0.1, 0.15) is 44.1 Å². The number of likely N-dealkylation sites (tertiary alicyclic amines) is 1. The molecule has 1 saturated heterocycles. The fourth-order valence-electron chi connectivity index (χ4n) is 3.43. The highest BCUT2D eigenvalue weighted by Gasteiger charge is 2.22. The second-order valence-corrected chi connectivity index (χ2v) is 6.95. The number of carbonyl (C=O) groups excluding carboxylic acids is 2. The van der Waals surface area contributed by atoms with Crippen molar-refractivity contribution in [1.82, 2.24) is 15.6 Å². The first-order valence-corrected chi connectivity index (χ1v) is 9.19. The van der Waals surface area contributed by atoms with Crippen LogP contribution < -0.4 is 10.7 Å². The summed E-state index contributed by atoms with van der Waals surface area (Å²) in [6, 6.07) is 6.92. The van der Waals surface area contributed by atoms with Gasteiger partial charge in [0.2, 0.25) is 11.8 Å². The Balaban J connectivity index is 1.43. The van der Waals surface area contributed by atoms with Gasteiger partial charge in [-0.25, -0.2) is 9.82 Å². The molecule has 2 N–H and O–H groups in total. The number of carbonyl (C=O) groups is 2. The van der Waals surface area contributed by atoms with Gasteiger partial charge in [-0.3, -0.25) is 14.5 Å². The third-order valence-corrected chi connectivity index (χ3v) is 4.84. The molecule has 0 saturated carbocycles. The molecule has 1 aromatic carbocycles. The maximum absolute atomic E-state index is 13.8. The van der Waals surface area contributed by atoms with Crippen LogP contribution in [0.2, 0.25) is 0 Å². The molecule has 2 heterocycles. The number of rotatable bonds is 6. The van der Waals surface area contributed by atoms with Crippen LogP contribution in [0.4, 0.5) is 4.39 Å². The first kappa shape index (κ1) is 18.5. The van der Waals surface area contributed by atoms with Crippen molar-refractivity contribution in [1.29, 1.82) is 0 Å². The highest BCUT2D eigenvalue weighted by Crippen LogP contribution is 2.16. The lowest BCUT2D eigenvalue weighted by Gasteiger charge is -2.33. The van der Waals surface area contributed by atoms with Crippen molar-refractivity contribution in [3.63, 3.8) is 0 Å². The van der Waals surface area contributed by atoms with Crippen molar-refractivity contribution in [3.8, 4) is 0 Å². The number of hydrazone groups is 1. The molecule has 3 rings (SSSR count). The van der Waals surface area contributed by atoms with Gasteiger partial charge in [-0.05, 0) is 38.3 Å². The minimum absolute atomic E-state index is 0.00217. The fraction of sp³-hybridized carbons (Fsp3) is 0.526. The summed E-state index contributed by atoms with van der Waals surface area (Å²) in [6.45, 7) is 2.21. The molecule has 0 radical (unpaired) electrons. The summed E-state index contributed by atoms with van der Waals surface area (Å²) >= 11 is 0. The molecular formula is C19H25FN4O2. The topological polar surface area (TPSA) is 73.8 Å². The molecule has 26 heavy (non-hydrogen) atoms. The number of benzene rings is 1. The minimum atomic E-state index is -0.181. The van der Waals surface area contributed by atoms with Crippen molar-refractivity contribution in [2.45, 2.75) is 51.1 Å². The molecule has 0 aliphatic carbocycles. The Hall–Kier alpha value is -2.28. The normalized spacial score (nSPS) is 21.0. The summed E-state index contributed by atoms with van der Waals surface area (Å²) in [4.78, 5) is 25.5. The summed E-state index contributed by atoms with van der Waals surface area (Å²) in [5.41, 5.74) is 4.01. The molecule has 7 heteroatoms. The molecular weight excluding hydrogens is 335 g/mol. The van der Waals surface area contributed by atoms with E-state index < -0.39 is 0 Å². The molecule has 0 unspecified atom stereocenters. The van der Waals surface area contributed by atoms with Gasteiger partial charge in [-0.15, -0.1) is 0 Å². The van der Waals surface area contributed by atoms with Gasteiger partial charge in [0.25, 0.3) is 0 Å². The van der Waals surface area contributed by atoms with E-state index in [1.807, 2.05) is 6.07 Å². The monoisotopic (exact) mass is 360 g/mol. The van der Waals surface area contributed by atoms with Gasteiger partial charge in [-0.2, -0.15) is 5.10 Å². The summed E-state index contributed by atoms with van der Waals surface area (Å²) in [7, 11) is 0. The van der Waals surface area contributed by atoms with Crippen LogP contribution in [0, 0.1) is 5.82 Å². The van der Waals surface area contributed by atoms with E-state index in [0.717, 1.165) is 31.6 Å². The molecule has 2 amide bonds. The second-order valence-electron chi connectivity index (χ2n) is 6.95. The predicted molar refractivity (Wildman–Crippen MR) is 96.9 cm³/mol. The first-order chi connectivity index (χ1) is 12.6. The molecule has 1 fully saturated rings. The Morgan fingerprint density at radius 1 is 1.35 bits per heavy atom. The summed E-state index contributed by atoms with van der Waals surface area (Å²) in [5, 5.41) is 7.07. The van der Waals surface area contributed by atoms with E-state index in [1.54, 1.807) is 12.1 Å². The quantitative estimate of drug-likeness (QED) is 0.814. The number of halogens is 1.